The van der Waals surface area contributed by atoms with Crippen LogP contribution in [0.4, 0.5) is 10.5 Å². The SMILES string of the molecule is O=C1NC(=Nc2ccc3c(c2)OCO3)C(=Cc2ccncc2)S1. The average molecular weight is 325 g/mol. The fourth-order valence-electron chi connectivity index (χ4n) is 2.21. The van der Waals surface area contributed by atoms with Crippen molar-refractivity contribution >= 4 is 34.6 Å². The highest BCUT2D eigenvalue weighted by atomic mass is 32.2. The van der Waals surface area contributed by atoms with E-state index in [1.165, 1.54) is 0 Å². The smallest absolute Gasteiger partial charge is 0.289 e. The van der Waals surface area contributed by atoms with Crippen molar-refractivity contribution in [2.75, 3.05) is 6.79 Å². The van der Waals surface area contributed by atoms with Crippen molar-refractivity contribution in [2.24, 2.45) is 4.99 Å². The molecule has 4 rings (SSSR count). The van der Waals surface area contributed by atoms with Gasteiger partial charge in [0.05, 0.1) is 10.6 Å². The van der Waals surface area contributed by atoms with Crippen molar-refractivity contribution < 1.29 is 14.3 Å². The molecule has 2 aromatic rings. The zero-order valence-electron chi connectivity index (χ0n) is 11.9. The second-order valence-corrected chi connectivity index (χ2v) is 5.82. The van der Waals surface area contributed by atoms with Gasteiger partial charge >= 0.3 is 0 Å². The summed E-state index contributed by atoms with van der Waals surface area (Å²) in [6.07, 6.45) is 5.31. The van der Waals surface area contributed by atoms with Crippen molar-refractivity contribution in [3.63, 3.8) is 0 Å². The van der Waals surface area contributed by atoms with E-state index in [1.54, 1.807) is 24.5 Å². The van der Waals surface area contributed by atoms with Crippen LogP contribution < -0.4 is 14.8 Å². The molecule has 1 N–H and O–H groups in total. The molecule has 0 radical (unpaired) electrons. The second kappa shape index (κ2) is 5.77. The van der Waals surface area contributed by atoms with Crippen molar-refractivity contribution in [3.05, 3.63) is 53.2 Å². The highest BCUT2D eigenvalue weighted by Gasteiger charge is 2.24. The number of ether oxygens (including phenoxy) is 2. The Labute approximate surface area is 136 Å². The summed E-state index contributed by atoms with van der Waals surface area (Å²) in [6, 6.07) is 9.15. The molecule has 2 aliphatic heterocycles. The van der Waals surface area contributed by atoms with Gasteiger partial charge in [-0.05, 0) is 47.7 Å². The number of aliphatic imine (C=N–C) groups is 1. The maximum absolute atomic E-state index is 11.7. The van der Waals surface area contributed by atoms with Gasteiger partial charge in [0.25, 0.3) is 5.24 Å². The molecular weight excluding hydrogens is 314 g/mol. The number of nitrogens with zero attached hydrogens (tertiary/aromatic N) is 2. The van der Waals surface area contributed by atoms with Crippen LogP contribution in [0, 0.1) is 0 Å². The van der Waals surface area contributed by atoms with Gasteiger partial charge in [0, 0.05) is 18.5 Å². The molecule has 0 spiro atoms. The van der Waals surface area contributed by atoms with E-state index in [0.29, 0.717) is 23.0 Å². The third-order valence-electron chi connectivity index (χ3n) is 3.26. The molecule has 0 saturated carbocycles. The number of pyridine rings is 1. The molecule has 0 bridgehead atoms. The quantitative estimate of drug-likeness (QED) is 0.917. The summed E-state index contributed by atoms with van der Waals surface area (Å²) in [5.74, 6) is 1.88. The Hall–Kier alpha value is -2.80. The minimum atomic E-state index is -0.148. The minimum Gasteiger partial charge on any atom is -0.454 e. The summed E-state index contributed by atoms with van der Waals surface area (Å²) in [5.41, 5.74) is 1.64. The lowest BCUT2D eigenvalue weighted by Gasteiger charge is -2.01. The predicted molar refractivity (Wildman–Crippen MR) is 88.0 cm³/mol. The summed E-state index contributed by atoms with van der Waals surface area (Å²) in [7, 11) is 0. The summed E-state index contributed by atoms with van der Waals surface area (Å²) >= 11 is 1.12. The highest BCUT2D eigenvalue weighted by molar-refractivity contribution is 8.18. The third-order valence-corrected chi connectivity index (χ3v) is 4.08. The zero-order valence-corrected chi connectivity index (χ0v) is 12.7. The van der Waals surface area contributed by atoms with Crippen molar-refractivity contribution in [2.45, 2.75) is 0 Å². The fraction of sp³-hybridized carbons (Fsp3) is 0.0625. The monoisotopic (exact) mass is 325 g/mol. The van der Waals surface area contributed by atoms with E-state index in [-0.39, 0.29) is 12.0 Å². The van der Waals surface area contributed by atoms with Gasteiger partial charge in [-0.3, -0.25) is 9.78 Å². The molecule has 0 unspecified atom stereocenters. The molecule has 23 heavy (non-hydrogen) atoms. The molecule has 1 amide bonds. The van der Waals surface area contributed by atoms with E-state index in [1.807, 2.05) is 24.3 Å². The minimum absolute atomic E-state index is 0.148. The molecule has 1 saturated heterocycles. The summed E-state index contributed by atoms with van der Waals surface area (Å²) in [5, 5.41) is 2.61. The van der Waals surface area contributed by atoms with Crippen LogP contribution in [-0.2, 0) is 0 Å². The largest absolute Gasteiger partial charge is 0.454 e. The first-order valence-corrected chi connectivity index (χ1v) is 7.69. The van der Waals surface area contributed by atoms with Crippen LogP contribution in [0.1, 0.15) is 5.56 Å². The van der Waals surface area contributed by atoms with Crippen molar-refractivity contribution in [1.82, 2.24) is 10.3 Å². The average Bonchev–Trinajstić information content (AvgIpc) is 3.15. The molecule has 1 fully saturated rings. The predicted octanol–water partition coefficient (Wildman–Crippen LogP) is 3.34. The Bertz CT molecular complexity index is 834. The number of carbonyl (C=O) groups is 1. The molecule has 2 aliphatic rings. The standard InChI is InChI=1S/C16H11N3O3S/c20-16-19-15(14(23-16)7-10-3-5-17-6-4-10)18-11-1-2-12-13(8-11)22-9-21-12/h1-8H,9H2,(H,18,19,20). The van der Waals surface area contributed by atoms with Crippen LogP contribution in [0.15, 0.2) is 52.6 Å². The van der Waals surface area contributed by atoms with Crippen LogP contribution in [0.2, 0.25) is 0 Å². The van der Waals surface area contributed by atoms with E-state index >= 15 is 0 Å². The number of amidine groups is 1. The van der Waals surface area contributed by atoms with E-state index in [4.69, 9.17) is 9.47 Å². The second-order valence-electron chi connectivity index (χ2n) is 4.80. The van der Waals surface area contributed by atoms with Crippen LogP contribution in [-0.4, -0.2) is 22.9 Å². The topological polar surface area (TPSA) is 72.8 Å². The molecule has 6 nitrogen and oxygen atoms in total. The van der Waals surface area contributed by atoms with Gasteiger partial charge in [-0.2, -0.15) is 0 Å². The molecule has 0 aliphatic carbocycles. The van der Waals surface area contributed by atoms with Crippen LogP contribution in [0.5, 0.6) is 11.5 Å². The molecule has 1 aromatic carbocycles. The summed E-state index contributed by atoms with van der Waals surface area (Å²) in [6.45, 7) is 0.217. The molecule has 7 heteroatoms. The first-order chi connectivity index (χ1) is 11.3. The summed E-state index contributed by atoms with van der Waals surface area (Å²) in [4.78, 5) is 21.0. The number of amides is 1. The maximum atomic E-state index is 11.7. The van der Waals surface area contributed by atoms with Gasteiger partial charge in [-0.1, -0.05) is 0 Å². The molecular formula is C16H11N3O3S. The first-order valence-electron chi connectivity index (χ1n) is 6.87. The Balaban J connectivity index is 1.68. The Kier molecular flexibility index (Phi) is 3.47. The lowest BCUT2D eigenvalue weighted by molar-refractivity contribution is 0.174. The highest BCUT2D eigenvalue weighted by Crippen LogP contribution is 2.36. The lowest BCUT2D eigenvalue weighted by Crippen LogP contribution is -2.18. The van der Waals surface area contributed by atoms with Gasteiger partial charge in [0.2, 0.25) is 6.79 Å². The number of aromatic nitrogens is 1. The number of carbonyl (C=O) groups excluding carboxylic acids is 1. The number of hydrogen-bond donors (Lipinski definition) is 1. The Morgan fingerprint density at radius 3 is 2.87 bits per heavy atom. The Morgan fingerprint density at radius 2 is 2.00 bits per heavy atom. The third kappa shape index (κ3) is 2.91. The number of hydrogen-bond acceptors (Lipinski definition) is 6. The van der Waals surface area contributed by atoms with E-state index in [0.717, 1.165) is 22.2 Å². The fourth-order valence-corrected chi connectivity index (χ4v) is 2.94. The van der Waals surface area contributed by atoms with Gasteiger partial charge in [-0.25, -0.2) is 4.99 Å². The van der Waals surface area contributed by atoms with Crippen LogP contribution in [0.25, 0.3) is 6.08 Å². The van der Waals surface area contributed by atoms with Crippen LogP contribution in [0.3, 0.4) is 0 Å². The van der Waals surface area contributed by atoms with E-state index in [9.17, 15) is 4.79 Å². The zero-order chi connectivity index (χ0) is 15.6. The number of thioether (sulfide) groups is 1. The summed E-state index contributed by atoms with van der Waals surface area (Å²) < 4.78 is 10.6. The van der Waals surface area contributed by atoms with Crippen LogP contribution >= 0.6 is 11.8 Å². The lowest BCUT2D eigenvalue weighted by atomic mass is 10.2. The van der Waals surface area contributed by atoms with Crippen molar-refractivity contribution in [3.8, 4) is 11.5 Å². The van der Waals surface area contributed by atoms with Crippen molar-refractivity contribution in [1.29, 1.82) is 0 Å². The number of fused-ring (bicyclic) bond motifs is 1. The number of benzene rings is 1. The molecule has 0 atom stereocenters. The number of rotatable bonds is 2. The van der Waals surface area contributed by atoms with Gasteiger partial charge in [0.15, 0.2) is 11.5 Å². The van der Waals surface area contributed by atoms with Gasteiger partial charge in [0.1, 0.15) is 5.84 Å². The maximum Gasteiger partial charge on any atom is 0.289 e. The van der Waals surface area contributed by atoms with Gasteiger partial charge < -0.3 is 14.8 Å². The Morgan fingerprint density at radius 1 is 1.17 bits per heavy atom. The van der Waals surface area contributed by atoms with Gasteiger partial charge in [-0.15, -0.1) is 0 Å². The van der Waals surface area contributed by atoms with E-state index < -0.39 is 0 Å². The molecule has 114 valence electrons. The number of nitrogens with one attached hydrogen (secondary N) is 1. The molecule has 1 aromatic heterocycles. The first kappa shape index (κ1) is 13.8. The van der Waals surface area contributed by atoms with E-state index in [2.05, 4.69) is 15.3 Å². The normalized spacial score (nSPS) is 19.4. The molecule has 3 heterocycles.